The number of nitrogens with one attached hydrogen (secondary N) is 1. The molecule has 0 aliphatic heterocycles. The largest absolute Gasteiger partial charge is 0.497 e. The van der Waals surface area contributed by atoms with Crippen molar-refractivity contribution >= 4 is 17.7 Å². The molecule has 1 aromatic carbocycles. The van der Waals surface area contributed by atoms with Crippen LogP contribution in [-0.4, -0.2) is 38.5 Å². The lowest BCUT2D eigenvalue weighted by molar-refractivity contribution is -0.119. The maximum atomic E-state index is 12.6. The number of hydrogen-bond donors (Lipinski definition) is 1. The van der Waals surface area contributed by atoms with E-state index in [-0.39, 0.29) is 23.1 Å². The first-order chi connectivity index (χ1) is 14.4. The number of amides is 1. The van der Waals surface area contributed by atoms with E-state index in [9.17, 15) is 4.79 Å². The molecular weight excluding hydrogens is 398 g/mol. The van der Waals surface area contributed by atoms with Crippen LogP contribution in [0.25, 0.3) is 5.69 Å². The van der Waals surface area contributed by atoms with E-state index in [1.807, 2.05) is 35.1 Å². The lowest BCUT2D eigenvalue weighted by Crippen LogP contribution is -2.37. The van der Waals surface area contributed by atoms with E-state index in [0.29, 0.717) is 5.16 Å². The number of carbonyl (C=O) groups excluding carboxylic acids is 1. The molecule has 0 saturated heterocycles. The second-order valence-electron chi connectivity index (χ2n) is 8.14. The Morgan fingerprint density at radius 3 is 2.70 bits per heavy atom. The van der Waals surface area contributed by atoms with E-state index in [0.717, 1.165) is 35.5 Å². The van der Waals surface area contributed by atoms with Gasteiger partial charge in [0.05, 0.1) is 36.5 Å². The van der Waals surface area contributed by atoms with E-state index < -0.39 is 0 Å². The summed E-state index contributed by atoms with van der Waals surface area (Å²) in [6.07, 6.45) is 7.00. The highest BCUT2D eigenvalue weighted by atomic mass is 32.2. The van der Waals surface area contributed by atoms with Gasteiger partial charge in [-0.25, -0.2) is 14.6 Å². The normalized spacial score (nSPS) is 17.2. The summed E-state index contributed by atoms with van der Waals surface area (Å²) in [6.45, 7) is 4.46. The SMILES string of the molecule is COc1ccc(-n2ncc3c2CC(C)(C)C[C@@H]3NC(=O)CSc2ncccn2)cc1. The lowest BCUT2D eigenvalue weighted by atomic mass is 9.74. The molecule has 7 nitrogen and oxygen atoms in total. The number of methoxy groups -OCH3 is 1. The first-order valence-electron chi connectivity index (χ1n) is 9.85. The van der Waals surface area contributed by atoms with Crippen molar-refractivity contribution in [3.63, 3.8) is 0 Å². The van der Waals surface area contributed by atoms with Gasteiger partial charge in [-0.2, -0.15) is 5.10 Å². The first kappa shape index (κ1) is 20.4. The third-order valence-electron chi connectivity index (χ3n) is 5.21. The van der Waals surface area contributed by atoms with Gasteiger partial charge < -0.3 is 10.1 Å². The van der Waals surface area contributed by atoms with Crippen LogP contribution >= 0.6 is 11.8 Å². The molecule has 156 valence electrons. The Morgan fingerprint density at radius 1 is 1.27 bits per heavy atom. The second-order valence-corrected chi connectivity index (χ2v) is 9.08. The van der Waals surface area contributed by atoms with Gasteiger partial charge in [-0.15, -0.1) is 0 Å². The summed E-state index contributed by atoms with van der Waals surface area (Å²) < 4.78 is 7.23. The smallest absolute Gasteiger partial charge is 0.230 e. The molecule has 1 aliphatic carbocycles. The number of fused-ring (bicyclic) bond motifs is 1. The highest BCUT2D eigenvalue weighted by Crippen LogP contribution is 2.41. The highest BCUT2D eigenvalue weighted by molar-refractivity contribution is 7.99. The fourth-order valence-corrected chi connectivity index (χ4v) is 4.46. The fraction of sp³-hybridized carbons (Fsp3) is 0.364. The summed E-state index contributed by atoms with van der Waals surface area (Å²) in [7, 11) is 1.66. The number of thioether (sulfide) groups is 1. The average Bonchev–Trinajstić information content (AvgIpc) is 3.16. The van der Waals surface area contributed by atoms with Crippen molar-refractivity contribution in [3.05, 3.63) is 60.2 Å². The van der Waals surface area contributed by atoms with Gasteiger partial charge in [0, 0.05) is 18.0 Å². The van der Waals surface area contributed by atoms with Crippen LogP contribution in [0.4, 0.5) is 0 Å². The van der Waals surface area contributed by atoms with Crippen molar-refractivity contribution in [1.29, 1.82) is 0 Å². The molecule has 1 amide bonds. The van der Waals surface area contributed by atoms with Gasteiger partial charge in [0.15, 0.2) is 5.16 Å². The first-order valence-corrected chi connectivity index (χ1v) is 10.8. The lowest BCUT2D eigenvalue weighted by Gasteiger charge is -2.36. The minimum Gasteiger partial charge on any atom is -0.497 e. The zero-order valence-corrected chi connectivity index (χ0v) is 18.1. The molecule has 0 spiro atoms. The Labute approximate surface area is 180 Å². The van der Waals surface area contributed by atoms with Crippen LogP contribution < -0.4 is 10.1 Å². The molecule has 0 fully saturated rings. The van der Waals surface area contributed by atoms with Crippen LogP contribution in [0.1, 0.15) is 37.6 Å². The summed E-state index contributed by atoms with van der Waals surface area (Å²) in [5.74, 6) is 1.06. The Balaban J connectivity index is 1.53. The third-order valence-corrected chi connectivity index (χ3v) is 6.08. The number of carbonyl (C=O) groups is 1. The number of ether oxygens (including phenoxy) is 1. The molecule has 0 radical (unpaired) electrons. The molecule has 1 atom stereocenters. The predicted octanol–water partition coefficient (Wildman–Crippen LogP) is 3.59. The minimum atomic E-state index is -0.0689. The minimum absolute atomic E-state index is 0.0294. The van der Waals surface area contributed by atoms with Gasteiger partial charge >= 0.3 is 0 Å². The average molecular weight is 424 g/mol. The highest BCUT2D eigenvalue weighted by Gasteiger charge is 2.36. The molecule has 1 N–H and O–H groups in total. The van der Waals surface area contributed by atoms with E-state index in [1.54, 1.807) is 25.6 Å². The van der Waals surface area contributed by atoms with E-state index in [1.165, 1.54) is 11.8 Å². The second kappa shape index (κ2) is 8.47. The molecule has 4 rings (SSSR count). The molecule has 0 saturated carbocycles. The standard InChI is InChI=1S/C22H25N5O2S/c1-22(2)11-18(26-20(28)14-30-21-23-9-4-10-24-21)17-13-25-27(19(17)12-22)15-5-7-16(29-3)8-6-15/h4-10,13,18H,11-12,14H2,1-3H3,(H,26,28)/t18-/m0/s1. The van der Waals surface area contributed by atoms with Crippen molar-refractivity contribution in [3.8, 4) is 11.4 Å². The molecule has 30 heavy (non-hydrogen) atoms. The summed E-state index contributed by atoms with van der Waals surface area (Å²) >= 11 is 1.34. The zero-order valence-electron chi connectivity index (χ0n) is 17.3. The van der Waals surface area contributed by atoms with Crippen LogP contribution in [-0.2, 0) is 11.2 Å². The van der Waals surface area contributed by atoms with Gasteiger partial charge in [-0.1, -0.05) is 25.6 Å². The summed E-state index contributed by atoms with van der Waals surface area (Å²) in [6, 6.07) is 9.55. The Hall–Kier alpha value is -2.87. The van der Waals surface area contributed by atoms with Gasteiger partial charge in [0.2, 0.25) is 5.91 Å². The quantitative estimate of drug-likeness (QED) is 0.482. The van der Waals surface area contributed by atoms with Crippen LogP contribution in [0, 0.1) is 5.41 Å². The Morgan fingerprint density at radius 2 is 2.00 bits per heavy atom. The Bertz CT molecular complexity index is 1020. The molecule has 1 aliphatic rings. The molecule has 2 heterocycles. The summed E-state index contributed by atoms with van der Waals surface area (Å²) in [5.41, 5.74) is 3.25. The number of rotatable bonds is 6. The van der Waals surface area contributed by atoms with Crippen molar-refractivity contribution in [2.45, 2.75) is 37.9 Å². The molecule has 0 unspecified atom stereocenters. The molecular formula is C22H25N5O2S. The van der Waals surface area contributed by atoms with Gasteiger partial charge in [0.25, 0.3) is 0 Å². The van der Waals surface area contributed by atoms with Crippen LogP contribution in [0.5, 0.6) is 5.75 Å². The van der Waals surface area contributed by atoms with Crippen molar-refractivity contribution < 1.29 is 9.53 Å². The predicted molar refractivity (Wildman–Crippen MR) is 116 cm³/mol. The number of benzene rings is 1. The van der Waals surface area contributed by atoms with Crippen LogP contribution in [0.15, 0.2) is 54.1 Å². The topological polar surface area (TPSA) is 81.9 Å². The van der Waals surface area contributed by atoms with Crippen LogP contribution in [0.2, 0.25) is 0 Å². The Kier molecular flexibility index (Phi) is 5.76. The third kappa shape index (κ3) is 4.48. The van der Waals surface area contributed by atoms with Crippen molar-refractivity contribution in [2.75, 3.05) is 12.9 Å². The molecule has 8 heteroatoms. The van der Waals surface area contributed by atoms with Crippen LogP contribution in [0.3, 0.4) is 0 Å². The molecule has 0 bridgehead atoms. The monoisotopic (exact) mass is 423 g/mol. The number of nitrogens with zero attached hydrogens (tertiary/aromatic N) is 4. The van der Waals surface area contributed by atoms with Gasteiger partial charge in [-0.05, 0) is 48.6 Å². The van der Waals surface area contributed by atoms with Gasteiger partial charge in [0.1, 0.15) is 5.75 Å². The molecule has 3 aromatic rings. The van der Waals surface area contributed by atoms with Crippen molar-refractivity contribution in [1.82, 2.24) is 25.1 Å². The maximum Gasteiger partial charge on any atom is 0.230 e. The maximum absolute atomic E-state index is 12.6. The van der Waals surface area contributed by atoms with E-state index >= 15 is 0 Å². The fourth-order valence-electron chi connectivity index (χ4n) is 3.84. The zero-order chi connectivity index (χ0) is 21.1. The number of aromatic nitrogens is 4. The summed E-state index contributed by atoms with van der Waals surface area (Å²) in [5, 5.41) is 8.44. The van der Waals surface area contributed by atoms with E-state index in [2.05, 4.69) is 34.2 Å². The summed E-state index contributed by atoms with van der Waals surface area (Å²) in [4.78, 5) is 20.9. The van der Waals surface area contributed by atoms with E-state index in [4.69, 9.17) is 4.74 Å². The van der Waals surface area contributed by atoms with Gasteiger partial charge in [-0.3, -0.25) is 4.79 Å². The molecule has 2 aromatic heterocycles. The number of hydrogen-bond acceptors (Lipinski definition) is 6. The van der Waals surface area contributed by atoms with Crippen molar-refractivity contribution in [2.24, 2.45) is 5.41 Å².